The number of hydrogen-bond acceptors (Lipinski definition) is 2. The lowest BCUT2D eigenvalue weighted by Crippen LogP contribution is -2.22. The Morgan fingerprint density at radius 1 is 1.42 bits per heavy atom. The first-order chi connectivity index (χ1) is 5.65. The zero-order chi connectivity index (χ0) is 9.14. The molecule has 1 rings (SSSR count). The minimum Gasteiger partial charge on any atom is -0.462 e. The van der Waals surface area contributed by atoms with Gasteiger partial charge < -0.3 is 4.74 Å². The molecule has 0 aliphatic carbocycles. The fraction of sp³-hybridized carbons (Fsp3) is 0.900. The van der Waals surface area contributed by atoms with Gasteiger partial charge in [-0.2, -0.15) is 0 Å². The van der Waals surface area contributed by atoms with Gasteiger partial charge in [-0.15, -0.1) is 0 Å². The topological polar surface area (TPSA) is 26.3 Å². The van der Waals surface area contributed by atoms with Crippen molar-refractivity contribution in [3.63, 3.8) is 0 Å². The predicted octanol–water partition coefficient (Wildman–Crippen LogP) is 2.37. The average Bonchev–Trinajstić information content (AvgIpc) is 2.18. The Bertz CT molecular complexity index is 165. The number of rotatable bonds is 1. The maximum absolute atomic E-state index is 11.3. The molecule has 0 radical (unpaired) electrons. The summed E-state index contributed by atoms with van der Waals surface area (Å²) < 4.78 is 5.35. The summed E-state index contributed by atoms with van der Waals surface area (Å²) in [4.78, 5) is 11.3. The Morgan fingerprint density at radius 3 is 2.67 bits per heavy atom. The summed E-state index contributed by atoms with van der Waals surface area (Å²) in [5, 5.41) is 0. The molecule has 0 unspecified atom stereocenters. The first-order valence-corrected chi connectivity index (χ1v) is 4.85. The molecule has 1 fully saturated rings. The van der Waals surface area contributed by atoms with Gasteiger partial charge in [0.1, 0.15) is 6.10 Å². The third-order valence-electron chi connectivity index (χ3n) is 2.76. The van der Waals surface area contributed by atoms with Crippen molar-refractivity contribution in [1.29, 1.82) is 0 Å². The highest BCUT2D eigenvalue weighted by Gasteiger charge is 2.27. The summed E-state index contributed by atoms with van der Waals surface area (Å²) in [5.74, 6) is 0.624. The van der Waals surface area contributed by atoms with E-state index in [0.29, 0.717) is 5.92 Å². The second kappa shape index (κ2) is 3.92. The molecule has 0 aromatic rings. The van der Waals surface area contributed by atoms with Crippen molar-refractivity contribution in [1.82, 2.24) is 0 Å². The Morgan fingerprint density at radius 2 is 2.08 bits per heavy atom. The standard InChI is InChI=1S/C10H18O2/c1-4-9-7(2)5-6-8(3)10(11)12-9/h7-9H,4-6H2,1-3H3/t7-,8-,9-/m1/s1. The fourth-order valence-corrected chi connectivity index (χ4v) is 1.68. The van der Waals surface area contributed by atoms with Crippen LogP contribution in [0.25, 0.3) is 0 Å². The van der Waals surface area contributed by atoms with Gasteiger partial charge in [0.15, 0.2) is 0 Å². The molecular formula is C10H18O2. The molecule has 12 heavy (non-hydrogen) atoms. The number of ether oxygens (including phenoxy) is 1. The molecule has 0 amide bonds. The van der Waals surface area contributed by atoms with E-state index >= 15 is 0 Å². The summed E-state index contributed by atoms with van der Waals surface area (Å²) >= 11 is 0. The monoisotopic (exact) mass is 170 g/mol. The molecule has 0 bridgehead atoms. The van der Waals surface area contributed by atoms with Crippen molar-refractivity contribution in [2.45, 2.75) is 46.1 Å². The van der Waals surface area contributed by atoms with E-state index in [1.54, 1.807) is 0 Å². The van der Waals surface area contributed by atoms with E-state index in [0.717, 1.165) is 19.3 Å². The highest BCUT2D eigenvalue weighted by atomic mass is 16.5. The summed E-state index contributed by atoms with van der Waals surface area (Å²) in [5.41, 5.74) is 0. The summed E-state index contributed by atoms with van der Waals surface area (Å²) in [7, 11) is 0. The molecule has 1 aliphatic heterocycles. The van der Waals surface area contributed by atoms with E-state index in [1.807, 2.05) is 6.92 Å². The summed E-state index contributed by atoms with van der Waals surface area (Å²) in [6.07, 6.45) is 3.20. The van der Waals surface area contributed by atoms with Gasteiger partial charge in [0, 0.05) is 0 Å². The van der Waals surface area contributed by atoms with E-state index in [-0.39, 0.29) is 18.0 Å². The van der Waals surface area contributed by atoms with Gasteiger partial charge in [-0.05, 0) is 25.2 Å². The number of cyclic esters (lactones) is 1. The fourth-order valence-electron chi connectivity index (χ4n) is 1.68. The smallest absolute Gasteiger partial charge is 0.308 e. The van der Waals surface area contributed by atoms with E-state index in [1.165, 1.54) is 0 Å². The first kappa shape index (κ1) is 9.56. The van der Waals surface area contributed by atoms with Crippen molar-refractivity contribution in [2.24, 2.45) is 11.8 Å². The van der Waals surface area contributed by atoms with Crippen LogP contribution in [0.1, 0.15) is 40.0 Å². The molecule has 2 nitrogen and oxygen atoms in total. The lowest BCUT2D eigenvalue weighted by atomic mass is 9.95. The third-order valence-corrected chi connectivity index (χ3v) is 2.76. The van der Waals surface area contributed by atoms with Crippen LogP contribution in [-0.4, -0.2) is 12.1 Å². The van der Waals surface area contributed by atoms with E-state index in [4.69, 9.17) is 4.74 Å². The van der Waals surface area contributed by atoms with E-state index in [2.05, 4.69) is 13.8 Å². The Kier molecular flexibility index (Phi) is 3.12. The summed E-state index contributed by atoms with van der Waals surface area (Å²) in [6.45, 7) is 6.19. The minimum atomic E-state index is -0.00815. The first-order valence-electron chi connectivity index (χ1n) is 4.85. The van der Waals surface area contributed by atoms with Crippen LogP contribution < -0.4 is 0 Å². The molecule has 1 aliphatic rings. The lowest BCUT2D eigenvalue weighted by Gasteiger charge is -2.19. The highest BCUT2D eigenvalue weighted by Crippen LogP contribution is 2.25. The van der Waals surface area contributed by atoms with Gasteiger partial charge in [-0.25, -0.2) is 0 Å². The van der Waals surface area contributed by atoms with Crippen LogP contribution in [-0.2, 0) is 9.53 Å². The van der Waals surface area contributed by atoms with Crippen LogP contribution in [0.3, 0.4) is 0 Å². The van der Waals surface area contributed by atoms with Crippen molar-refractivity contribution >= 4 is 5.97 Å². The van der Waals surface area contributed by atoms with Crippen LogP contribution >= 0.6 is 0 Å². The molecule has 1 saturated heterocycles. The quantitative estimate of drug-likeness (QED) is 0.565. The molecule has 0 spiro atoms. The van der Waals surface area contributed by atoms with Crippen molar-refractivity contribution in [3.05, 3.63) is 0 Å². The molecule has 1 heterocycles. The molecule has 2 heteroatoms. The zero-order valence-corrected chi connectivity index (χ0v) is 8.17. The Hall–Kier alpha value is -0.530. The van der Waals surface area contributed by atoms with Crippen molar-refractivity contribution < 1.29 is 9.53 Å². The van der Waals surface area contributed by atoms with Gasteiger partial charge in [0.2, 0.25) is 0 Å². The van der Waals surface area contributed by atoms with Crippen molar-refractivity contribution in [3.8, 4) is 0 Å². The SMILES string of the molecule is CC[C@H]1OC(=O)[C@H](C)CC[C@H]1C. The van der Waals surface area contributed by atoms with Gasteiger partial charge in [-0.1, -0.05) is 20.8 Å². The molecule has 0 N–H and O–H groups in total. The number of esters is 1. The Balaban J connectivity index is 2.60. The molecule has 70 valence electrons. The number of carbonyl (C=O) groups is 1. The van der Waals surface area contributed by atoms with Crippen LogP contribution in [0.2, 0.25) is 0 Å². The number of carbonyl (C=O) groups excluding carboxylic acids is 1. The van der Waals surface area contributed by atoms with Gasteiger partial charge >= 0.3 is 5.97 Å². The second-order valence-electron chi connectivity index (χ2n) is 3.84. The maximum atomic E-state index is 11.3. The molecule has 3 atom stereocenters. The van der Waals surface area contributed by atoms with Gasteiger partial charge in [0.25, 0.3) is 0 Å². The largest absolute Gasteiger partial charge is 0.462 e. The molecule has 0 aromatic heterocycles. The van der Waals surface area contributed by atoms with Crippen LogP contribution in [0.4, 0.5) is 0 Å². The predicted molar refractivity (Wildman–Crippen MR) is 47.7 cm³/mol. The minimum absolute atomic E-state index is 0.00815. The molecular weight excluding hydrogens is 152 g/mol. The normalized spacial score (nSPS) is 37.2. The maximum Gasteiger partial charge on any atom is 0.308 e. The lowest BCUT2D eigenvalue weighted by molar-refractivity contribution is -0.153. The zero-order valence-electron chi connectivity index (χ0n) is 8.17. The van der Waals surface area contributed by atoms with Gasteiger partial charge in [-0.3, -0.25) is 4.79 Å². The molecule has 0 aromatic carbocycles. The Labute approximate surface area is 74.3 Å². The summed E-state index contributed by atoms with van der Waals surface area (Å²) in [6, 6.07) is 0. The highest BCUT2D eigenvalue weighted by molar-refractivity contribution is 5.72. The number of hydrogen-bond donors (Lipinski definition) is 0. The van der Waals surface area contributed by atoms with Crippen LogP contribution in [0, 0.1) is 11.8 Å². The molecule has 0 saturated carbocycles. The van der Waals surface area contributed by atoms with Crippen LogP contribution in [0.5, 0.6) is 0 Å². The average molecular weight is 170 g/mol. The third kappa shape index (κ3) is 1.99. The van der Waals surface area contributed by atoms with E-state index in [9.17, 15) is 4.79 Å². The van der Waals surface area contributed by atoms with Crippen molar-refractivity contribution in [2.75, 3.05) is 0 Å². The van der Waals surface area contributed by atoms with Crippen LogP contribution in [0.15, 0.2) is 0 Å². The second-order valence-corrected chi connectivity index (χ2v) is 3.84. The van der Waals surface area contributed by atoms with E-state index < -0.39 is 0 Å². The van der Waals surface area contributed by atoms with Gasteiger partial charge in [0.05, 0.1) is 5.92 Å².